The summed E-state index contributed by atoms with van der Waals surface area (Å²) < 4.78 is 0. The smallest absolute Gasteiger partial charge is 0.227 e. The minimum Gasteiger partial charge on any atom is -0.359 e. The number of anilines is 1. The molecule has 1 amide bonds. The van der Waals surface area contributed by atoms with Crippen LogP contribution in [-0.4, -0.2) is 36.0 Å². The number of carbonyl (C=O) groups is 1. The van der Waals surface area contributed by atoms with E-state index in [4.69, 9.17) is 0 Å². The zero-order valence-corrected chi connectivity index (χ0v) is 11.2. The predicted octanol–water partition coefficient (Wildman–Crippen LogP) is 1.14. The van der Waals surface area contributed by atoms with Crippen LogP contribution in [0.3, 0.4) is 0 Å². The molecule has 0 unspecified atom stereocenters. The van der Waals surface area contributed by atoms with Crippen LogP contribution in [0.5, 0.6) is 0 Å². The molecular weight excluding hydrogens is 228 g/mol. The summed E-state index contributed by atoms with van der Waals surface area (Å²) >= 11 is 0. The van der Waals surface area contributed by atoms with Gasteiger partial charge in [0.05, 0.1) is 5.41 Å². The maximum Gasteiger partial charge on any atom is 0.227 e. The Morgan fingerprint density at radius 2 is 2.33 bits per heavy atom. The van der Waals surface area contributed by atoms with E-state index in [0.717, 1.165) is 31.0 Å². The Kier molecular flexibility index (Phi) is 3.50. The second kappa shape index (κ2) is 4.92. The van der Waals surface area contributed by atoms with Crippen molar-refractivity contribution in [3.8, 4) is 0 Å². The first-order chi connectivity index (χ1) is 8.55. The van der Waals surface area contributed by atoms with Crippen LogP contribution in [0.1, 0.15) is 25.6 Å². The first kappa shape index (κ1) is 12.8. The van der Waals surface area contributed by atoms with Crippen LogP contribution in [0.25, 0.3) is 0 Å². The summed E-state index contributed by atoms with van der Waals surface area (Å²) in [6.07, 6.45) is 3.70. The first-order valence-corrected chi connectivity index (χ1v) is 6.32. The molecule has 1 atom stereocenters. The van der Waals surface area contributed by atoms with Gasteiger partial charge in [-0.3, -0.25) is 4.79 Å². The Morgan fingerprint density at radius 1 is 1.56 bits per heavy atom. The maximum atomic E-state index is 12.0. The van der Waals surface area contributed by atoms with Crippen LogP contribution in [0.4, 0.5) is 5.82 Å². The SMILES string of the molecule is CNC(=O)[C@]1(C)CCCN(c2ccnc(C)n2)C1. The van der Waals surface area contributed by atoms with Crippen LogP contribution in [-0.2, 0) is 4.79 Å². The second-order valence-corrected chi connectivity index (χ2v) is 5.13. The Bertz CT molecular complexity index is 448. The molecule has 0 aliphatic carbocycles. The fourth-order valence-corrected chi connectivity index (χ4v) is 2.54. The van der Waals surface area contributed by atoms with Gasteiger partial charge in [0.15, 0.2) is 0 Å². The zero-order chi connectivity index (χ0) is 13.2. The van der Waals surface area contributed by atoms with Crippen molar-refractivity contribution in [1.82, 2.24) is 15.3 Å². The Morgan fingerprint density at radius 3 is 3.00 bits per heavy atom. The number of hydrogen-bond donors (Lipinski definition) is 1. The van der Waals surface area contributed by atoms with Gasteiger partial charge in [-0.25, -0.2) is 9.97 Å². The molecule has 1 aliphatic heterocycles. The molecule has 2 rings (SSSR count). The van der Waals surface area contributed by atoms with Gasteiger partial charge in [0.1, 0.15) is 11.6 Å². The standard InChI is InChI=1S/C13H20N4O/c1-10-15-7-5-11(16-10)17-8-4-6-13(2,9-17)12(18)14-3/h5,7H,4,6,8-9H2,1-3H3,(H,14,18)/t13-/m1/s1. The van der Waals surface area contributed by atoms with Crippen molar-refractivity contribution >= 4 is 11.7 Å². The zero-order valence-electron chi connectivity index (χ0n) is 11.2. The minimum absolute atomic E-state index is 0.109. The Balaban J connectivity index is 2.19. The lowest BCUT2D eigenvalue weighted by molar-refractivity contribution is -0.130. The van der Waals surface area contributed by atoms with E-state index in [0.29, 0.717) is 6.54 Å². The summed E-state index contributed by atoms with van der Waals surface area (Å²) in [5.74, 6) is 1.79. The molecular formula is C13H20N4O. The highest BCUT2D eigenvalue weighted by molar-refractivity contribution is 5.82. The highest BCUT2D eigenvalue weighted by Gasteiger charge is 2.37. The van der Waals surface area contributed by atoms with Crippen molar-refractivity contribution in [2.75, 3.05) is 25.0 Å². The third-order valence-electron chi connectivity index (χ3n) is 3.56. The molecule has 1 saturated heterocycles. The van der Waals surface area contributed by atoms with Crippen LogP contribution in [0.2, 0.25) is 0 Å². The lowest BCUT2D eigenvalue weighted by Gasteiger charge is -2.39. The molecule has 98 valence electrons. The average molecular weight is 248 g/mol. The molecule has 2 heterocycles. The lowest BCUT2D eigenvalue weighted by Crippen LogP contribution is -2.50. The van der Waals surface area contributed by atoms with Crippen LogP contribution in [0.15, 0.2) is 12.3 Å². The third kappa shape index (κ3) is 2.44. The highest BCUT2D eigenvalue weighted by atomic mass is 16.2. The van der Waals surface area contributed by atoms with Gasteiger partial charge < -0.3 is 10.2 Å². The highest BCUT2D eigenvalue weighted by Crippen LogP contribution is 2.31. The van der Waals surface area contributed by atoms with Crippen molar-refractivity contribution < 1.29 is 4.79 Å². The lowest BCUT2D eigenvalue weighted by atomic mass is 9.81. The van der Waals surface area contributed by atoms with E-state index in [1.165, 1.54) is 0 Å². The molecule has 0 aromatic carbocycles. The van der Waals surface area contributed by atoms with Crippen molar-refractivity contribution in [2.45, 2.75) is 26.7 Å². The normalized spacial score (nSPS) is 23.8. The Labute approximate surface area is 108 Å². The van der Waals surface area contributed by atoms with E-state index >= 15 is 0 Å². The number of nitrogens with zero attached hydrogens (tertiary/aromatic N) is 3. The number of amides is 1. The van der Waals surface area contributed by atoms with Crippen LogP contribution >= 0.6 is 0 Å². The molecule has 1 fully saturated rings. The van der Waals surface area contributed by atoms with E-state index in [1.807, 2.05) is 19.9 Å². The van der Waals surface area contributed by atoms with Crippen molar-refractivity contribution in [2.24, 2.45) is 5.41 Å². The molecule has 5 heteroatoms. The Hall–Kier alpha value is -1.65. The molecule has 0 radical (unpaired) electrons. The van der Waals surface area contributed by atoms with Crippen molar-refractivity contribution in [3.05, 3.63) is 18.1 Å². The summed E-state index contributed by atoms with van der Waals surface area (Å²) in [5.41, 5.74) is -0.328. The van der Waals surface area contributed by atoms with Gasteiger partial charge in [0.2, 0.25) is 5.91 Å². The molecule has 1 aromatic heterocycles. The molecule has 1 N–H and O–H groups in total. The number of aromatic nitrogens is 2. The van der Waals surface area contributed by atoms with E-state index < -0.39 is 0 Å². The van der Waals surface area contributed by atoms with Crippen molar-refractivity contribution in [3.63, 3.8) is 0 Å². The molecule has 1 aromatic rings. The number of hydrogen-bond acceptors (Lipinski definition) is 4. The van der Waals surface area contributed by atoms with Gasteiger partial charge in [-0.15, -0.1) is 0 Å². The summed E-state index contributed by atoms with van der Waals surface area (Å²) in [7, 11) is 1.70. The topological polar surface area (TPSA) is 58.1 Å². The molecule has 0 bridgehead atoms. The molecule has 18 heavy (non-hydrogen) atoms. The number of carbonyl (C=O) groups excluding carboxylic acids is 1. The monoisotopic (exact) mass is 248 g/mol. The quantitative estimate of drug-likeness (QED) is 0.852. The second-order valence-electron chi connectivity index (χ2n) is 5.13. The first-order valence-electron chi connectivity index (χ1n) is 6.32. The van der Waals surface area contributed by atoms with Gasteiger partial charge >= 0.3 is 0 Å². The maximum absolute atomic E-state index is 12.0. The summed E-state index contributed by atoms with van der Waals surface area (Å²) in [5, 5.41) is 2.76. The fourth-order valence-electron chi connectivity index (χ4n) is 2.54. The summed E-state index contributed by atoms with van der Waals surface area (Å²) in [6, 6.07) is 1.91. The van der Waals surface area contributed by atoms with Gasteiger partial charge in [-0.1, -0.05) is 0 Å². The summed E-state index contributed by atoms with van der Waals surface area (Å²) in [6.45, 7) is 5.56. The summed E-state index contributed by atoms with van der Waals surface area (Å²) in [4.78, 5) is 22.7. The third-order valence-corrected chi connectivity index (χ3v) is 3.56. The van der Waals surface area contributed by atoms with E-state index in [-0.39, 0.29) is 11.3 Å². The largest absolute Gasteiger partial charge is 0.359 e. The number of aryl methyl sites for hydroxylation is 1. The number of rotatable bonds is 2. The number of nitrogens with one attached hydrogen (secondary N) is 1. The average Bonchev–Trinajstić information content (AvgIpc) is 2.38. The van der Waals surface area contributed by atoms with E-state index in [2.05, 4.69) is 20.2 Å². The van der Waals surface area contributed by atoms with Gasteiger partial charge in [0, 0.05) is 26.3 Å². The predicted molar refractivity (Wildman–Crippen MR) is 70.4 cm³/mol. The fraction of sp³-hybridized carbons (Fsp3) is 0.615. The van der Waals surface area contributed by atoms with E-state index in [9.17, 15) is 4.79 Å². The molecule has 5 nitrogen and oxygen atoms in total. The number of piperidine rings is 1. The molecule has 0 spiro atoms. The van der Waals surface area contributed by atoms with Crippen LogP contribution in [0, 0.1) is 12.3 Å². The van der Waals surface area contributed by atoms with Gasteiger partial charge in [-0.05, 0) is 32.8 Å². The van der Waals surface area contributed by atoms with Crippen LogP contribution < -0.4 is 10.2 Å². The molecule has 0 saturated carbocycles. The van der Waals surface area contributed by atoms with Crippen molar-refractivity contribution in [1.29, 1.82) is 0 Å². The molecule has 1 aliphatic rings. The van der Waals surface area contributed by atoms with E-state index in [1.54, 1.807) is 13.2 Å². The minimum atomic E-state index is -0.328. The van der Waals surface area contributed by atoms with Gasteiger partial charge in [0.25, 0.3) is 0 Å². The van der Waals surface area contributed by atoms with Gasteiger partial charge in [-0.2, -0.15) is 0 Å².